The number of ether oxygens (including phenoxy) is 1. The number of urea groups is 1. The van der Waals surface area contributed by atoms with Crippen molar-refractivity contribution in [2.24, 2.45) is 0 Å². The van der Waals surface area contributed by atoms with Crippen LogP contribution in [0.5, 0.6) is 0 Å². The molecule has 0 saturated carbocycles. The number of carbonyl (C=O) groups is 2. The summed E-state index contributed by atoms with van der Waals surface area (Å²) >= 11 is 0. The number of nitrogens with one attached hydrogen (secondary N) is 2. The fourth-order valence-corrected chi connectivity index (χ4v) is 2.97. The molecule has 2 heterocycles. The minimum atomic E-state index is -0.360. The van der Waals surface area contributed by atoms with Crippen LogP contribution in [0.2, 0.25) is 0 Å². The average Bonchev–Trinajstić information content (AvgIpc) is 3.16. The molecule has 1 fully saturated rings. The van der Waals surface area contributed by atoms with Crippen LogP contribution in [0.3, 0.4) is 0 Å². The second-order valence-corrected chi connectivity index (χ2v) is 6.22. The van der Waals surface area contributed by atoms with E-state index in [1.54, 1.807) is 37.5 Å². The van der Waals surface area contributed by atoms with Crippen LogP contribution in [-0.2, 0) is 11.3 Å². The second kappa shape index (κ2) is 8.53. The molecule has 0 bridgehead atoms. The zero-order chi connectivity index (χ0) is 18.4. The van der Waals surface area contributed by atoms with Crippen molar-refractivity contribution in [3.05, 3.63) is 54.0 Å². The van der Waals surface area contributed by atoms with Gasteiger partial charge in [-0.1, -0.05) is 0 Å². The number of anilines is 1. The van der Waals surface area contributed by atoms with Crippen LogP contribution >= 0.6 is 0 Å². The first-order valence-corrected chi connectivity index (χ1v) is 8.84. The average molecular weight is 358 g/mol. The maximum atomic E-state index is 12.4. The minimum Gasteiger partial charge on any atom is -0.463 e. The van der Waals surface area contributed by atoms with E-state index in [1.165, 1.54) is 4.90 Å². The Bertz CT molecular complexity index is 720. The number of rotatable bonds is 5. The van der Waals surface area contributed by atoms with Crippen LogP contribution in [0.25, 0.3) is 0 Å². The van der Waals surface area contributed by atoms with E-state index in [2.05, 4.69) is 5.32 Å². The molecule has 0 atom stereocenters. The summed E-state index contributed by atoms with van der Waals surface area (Å²) in [5.41, 5.74) is 1.13. The molecule has 1 aromatic carbocycles. The van der Waals surface area contributed by atoms with E-state index < -0.39 is 0 Å². The molecule has 7 nitrogen and oxygen atoms in total. The lowest BCUT2D eigenvalue weighted by atomic mass is 10.2. The Morgan fingerprint density at radius 3 is 2.54 bits per heavy atom. The Hall–Kier alpha value is -2.80. The number of furan rings is 1. The fraction of sp³-hybridized carbons (Fsp3) is 0.368. The van der Waals surface area contributed by atoms with E-state index in [4.69, 9.17) is 9.15 Å². The van der Waals surface area contributed by atoms with Gasteiger partial charge in [-0.15, -0.1) is 0 Å². The second-order valence-electron chi connectivity index (χ2n) is 6.22. The summed E-state index contributed by atoms with van der Waals surface area (Å²) in [4.78, 5) is 27.3. The summed E-state index contributed by atoms with van der Waals surface area (Å²) in [5, 5.41) is 2.88. The molecule has 0 radical (unpaired) electrons. The lowest BCUT2D eigenvalue weighted by molar-refractivity contribution is -0.918. The van der Waals surface area contributed by atoms with Crippen molar-refractivity contribution in [3.8, 4) is 0 Å². The van der Waals surface area contributed by atoms with Crippen molar-refractivity contribution in [2.45, 2.75) is 13.5 Å². The van der Waals surface area contributed by atoms with E-state index in [9.17, 15) is 9.59 Å². The first kappa shape index (κ1) is 18.0. The molecule has 2 amide bonds. The van der Waals surface area contributed by atoms with Gasteiger partial charge >= 0.3 is 12.0 Å². The van der Waals surface area contributed by atoms with Gasteiger partial charge in [0.25, 0.3) is 0 Å². The molecular formula is C19H24N3O4+. The molecule has 3 rings (SSSR count). The molecule has 1 saturated heterocycles. The quantitative estimate of drug-likeness (QED) is 0.792. The summed E-state index contributed by atoms with van der Waals surface area (Å²) in [7, 11) is 0. The maximum absolute atomic E-state index is 12.4. The highest BCUT2D eigenvalue weighted by atomic mass is 16.5. The number of carbonyl (C=O) groups excluding carboxylic acids is 2. The maximum Gasteiger partial charge on any atom is 0.338 e. The number of benzene rings is 1. The summed E-state index contributed by atoms with van der Waals surface area (Å²) in [5.74, 6) is 0.612. The van der Waals surface area contributed by atoms with Crippen molar-refractivity contribution >= 4 is 17.7 Å². The molecule has 0 unspecified atom stereocenters. The molecule has 0 spiro atoms. The first-order valence-electron chi connectivity index (χ1n) is 8.84. The lowest BCUT2D eigenvalue weighted by Gasteiger charge is -2.31. The Morgan fingerprint density at radius 2 is 1.92 bits per heavy atom. The smallest absolute Gasteiger partial charge is 0.338 e. The highest BCUT2D eigenvalue weighted by molar-refractivity contribution is 5.92. The van der Waals surface area contributed by atoms with Crippen molar-refractivity contribution in [3.63, 3.8) is 0 Å². The third kappa shape index (κ3) is 4.64. The zero-order valence-corrected chi connectivity index (χ0v) is 14.9. The Balaban J connectivity index is 1.47. The number of hydrogen-bond donors (Lipinski definition) is 2. The molecule has 1 aromatic heterocycles. The normalized spacial score (nSPS) is 14.9. The SMILES string of the molecule is CCOC(=O)c1ccc(NC(=O)N2CC[NH+](Cc3ccco3)CC2)cc1. The number of piperazine rings is 1. The van der Waals surface area contributed by atoms with Gasteiger partial charge in [0.2, 0.25) is 0 Å². The molecule has 138 valence electrons. The van der Waals surface area contributed by atoms with Gasteiger partial charge in [-0.05, 0) is 43.3 Å². The third-order valence-corrected chi connectivity index (χ3v) is 4.41. The molecule has 0 aliphatic carbocycles. The van der Waals surface area contributed by atoms with Gasteiger partial charge in [0, 0.05) is 5.69 Å². The lowest BCUT2D eigenvalue weighted by Crippen LogP contribution is -3.13. The minimum absolute atomic E-state index is 0.120. The van der Waals surface area contributed by atoms with Crippen molar-refractivity contribution in [1.29, 1.82) is 0 Å². The summed E-state index contributed by atoms with van der Waals surface area (Å²) in [6, 6.07) is 10.5. The summed E-state index contributed by atoms with van der Waals surface area (Å²) in [6.45, 7) is 6.11. The highest BCUT2D eigenvalue weighted by Gasteiger charge is 2.24. The topological polar surface area (TPSA) is 76.2 Å². The van der Waals surface area contributed by atoms with Gasteiger partial charge in [-0.3, -0.25) is 0 Å². The van der Waals surface area contributed by atoms with Gasteiger partial charge in [0.05, 0.1) is 44.6 Å². The van der Waals surface area contributed by atoms with Crippen LogP contribution in [0.15, 0.2) is 47.1 Å². The number of nitrogens with zero attached hydrogens (tertiary/aromatic N) is 1. The van der Waals surface area contributed by atoms with Gasteiger partial charge in [0.15, 0.2) is 5.76 Å². The predicted octanol–water partition coefficient (Wildman–Crippen LogP) is 1.39. The van der Waals surface area contributed by atoms with Crippen molar-refractivity contribution < 1.29 is 23.6 Å². The van der Waals surface area contributed by atoms with Gasteiger partial charge < -0.3 is 24.3 Å². The Kier molecular flexibility index (Phi) is 5.91. The number of esters is 1. The molecule has 26 heavy (non-hydrogen) atoms. The number of quaternary nitrogens is 1. The van der Waals surface area contributed by atoms with Crippen LogP contribution in [0.4, 0.5) is 10.5 Å². The van der Waals surface area contributed by atoms with Crippen LogP contribution in [-0.4, -0.2) is 49.7 Å². The van der Waals surface area contributed by atoms with Crippen LogP contribution in [0, 0.1) is 0 Å². The Morgan fingerprint density at radius 1 is 1.19 bits per heavy atom. The van der Waals surface area contributed by atoms with E-state index >= 15 is 0 Å². The molecule has 1 aliphatic rings. The predicted molar refractivity (Wildman–Crippen MR) is 96.1 cm³/mol. The largest absolute Gasteiger partial charge is 0.463 e. The van der Waals surface area contributed by atoms with Crippen molar-refractivity contribution in [1.82, 2.24) is 4.90 Å². The molecule has 1 aliphatic heterocycles. The van der Waals surface area contributed by atoms with E-state index in [0.717, 1.165) is 25.4 Å². The molecule has 7 heteroatoms. The van der Waals surface area contributed by atoms with Crippen molar-refractivity contribution in [2.75, 3.05) is 38.1 Å². The van der Waals surface area contributed by atoms with Crippen LogP contribution in [0.1, 0.15) is 23.0 Å². The van der Waals surface area contributed by atoms with Gasteiger partial charge in [-0.25, -0.2) is 9.59 Å². The zero-order valence-electron chi connectivity index (χ0n) is 14.9. The van der Waals surface area contributed by atoms with Crippen LogP contribution < -0.4 is 10.2 Å². The highest BCUT2D eigenvalue weighted by Crippen LogP contribution is 2.11. The fourth-order valence-electron chi connectivity index (χ4n) is 2.97. The molecular weight excluding hydrogens is 334 g/mol. The van der Waals surface area contributed by atoms with E-state index in [-0.39, 0.29) is 12.0 Å². The summed E-state index contributed by atoms with van der Waals surface area (Å²) < 4.78 is 10.3. The van der Waals surface area contributed by atoms with E-state index in [1.807, 2.05) is 17.0 Å². The van der Waals surface area contributed by atoms with Gasteiger partial charge in [0.1, 0.15) is 6.54 Å². The number of amides is 2. The third-order valence-electron chi connectivity index (χ3n) is 4.41. The first-order chi connectivity index (χ1) is 12.7. The standard InChI is InChI=1S/C19H23N3O4/c1-2-25-18(23)15-5-7-16(8-6-15)20-19(24)22-11-9-21(10-12-22)14-17-4-3-13-26-17/h3-8,13H,2,9-12,14H2,1H3,(H,20,24)/p+1. The summed E-state index contributed by atoms with van der Waals surface area (Å²) in [6.07, 6.45) is 1.69. The van der Waals surface area contributed by atoms with E-state index in [0.29, 0.717) is 30.9 Å². The number of hydrogen-bond acceptors (Lipinski definition) is 4. The molecule has 2 aromatic rings. The monoisotopic (exact) mass is 358 g/mol. The molecule has 2 N–H and O–H groups in total. The van der Waals surface area contributed by atoms with Gasteiger partial charge in [-0.2, -0.15) is 0 Å². The Labute approximate surface area is 152 Å².